The molecule has 3 rings (SSSR count). The van der Waals surface area contributed by atoms with Gasteiger partial charge in [0.25, 0.3) is 0 Å². The second kappa shape index (κ2) is 13.7. The summed E-state index contributed by atoms with van der Waals surface area (Å²) in [7, 11) is 0. The van der Waals surface area contributed by atoms with Crippen molar-refractivity contribution in [1.29, 1.82) is 0 Å². The zero-order valence-corrected chi connectivity index (χ0v) is 20.3. The van der Waals surface area contributed by atoms with E-state index in [9.17, 15) is 9.59 Å². The predicted octanol–water partition coefficient (Wildman–Crippen LogP) is 2.13. The average Bonchev–Trinajstić information content (AvgIpc) is 2.90. The first-order valence-corrected chi connectivity index (χ1v) is 12.0. The molecule has 0 aliphatic heterocycles. The number of nitrogens with one attached hydrogen (secondary N) is 2. The zero-order valence-electron chi connectivity index (χ0n) is 20.3. The van der Waals surface area contributed by atoms with Gasteiger partial charge >= 0.3 is 0 Å². The average molecular weight is 487 g/mol. The molecule has 0 unspecified atom stereocenters. The lowest BCUT2D eigenvalue weighted by Crippen LogP contribution is -2.48. The van der Waals surface area contributed by atoms with Crippen LogP contribution in [0.3, 0.4) is 0 Å². The highest BCUT2D eigenvalue weighted by atomic mass is 16.2. The highest BCUT2D eigenvalue weighted by molar-refractivity contribution is 5.92. The van der Waals surface area contributed by atoms with E-state index in [1.54, 1.807) is 0 Å². The number of guanidine groups is 1. The van der Waals surface area contributed by atoms with Crippen molar-refractivity contribution in [3.8, 4) is 0 Å². The third-order valence-corrected chi connectivity index (χ3v) is 5.83. The molecule has 0 aromatic heterocycles. The number of carbonyl (C=O) groups is 2. The summed E-state index contributed by atoms with van der Waals surface area (Å²) in [4.78, 5) is 30.7. The lowest BCUT2D eigenvalue weighted by atomic mass is 9.90. The molecule has 36 heavy (non-hydrogen) atoms. The first kappa shape index (κ1) is 26.4. The molecule has 188 valence electrons. The molecule has 0 spiro atoms. The fourth-order valence-electron chi connectivity index (χ4n) is 3.92. The third kappa shape index (κ3) is 7.95. The molecular formula is C28H34N6O2. The van der Waals surface area contributed by atoms with Gasteiger partial charge in [0.05, 0.1) is 5.92 Å². The topological polar surface area (TPSA) is 149 Å². The largest absolute Gasteiger partial charge is 0.370 e. The van der Waals surface area contributed by atoms with Crippen LogP contribution in [-0.4, -0.2) is 30.4 Å². The number of hydrogen-bond donors (Lipinski definition) is 5. The normalized spacial score (nSPS) is 11.5. The van der Waals surface area contributed by atoms with E-state index >= 15 is 0 Å². The highest BCUT2D eigenvalue weighted by Gasteiger charge is 2.27. The zero-order chi connectivity index (χ0) is 25.8. The number of amides is 2. The first-order chi connectivity index (χ1) is 17.5. The third-order valence-electron chi connectivity index (χ3n) is 5.83. The van der Waals surface area contributed by atoms with Gasteiger partial charge in [-0.3, -0.25) is 14.6 Å². The van der Waals surface area contributed by atoms with E-state index in [0.29, 0.717) is 32.5 Å². The molecule has 0 saturated heterocycles. The summed E-state index contributed by atoms with van der Waals surface area (Å²) in [5.74, 6) is -1.07. The Kier molecular flexibility index (Phi) is 10.0. The standard InChI is InChI=1S/C28H34N6O2/c29-18-20-13-15-21(16-14-20)19-33-26(35)24(12-7-17-32-28(30)31)34-27(36)25(22-8-3-1-4-9-22)23-10-5-2-6-11-23/h1-6,8-11,13-16,24-25H,7,12,17-19,29H2,(H,33,35)(H,34,36)(H4,30,31,32)/t24-/m1/s1. The number of carbonyl (C=O) groups excluding carboxylic acids is 2. The van der Waals surface area contributed by atoms with Crippen molar-refractivity contribution < 1.29 is 9.59 Å². The van der Waals surface area contributed by atoms with Crippen molar-refractivity contribution in [3.63, 3.8) is 0 Å². The van der Waals surface area contributed by atoms with E-state index in [2.05, 4.69) is 15.6 Å². The number of aliphatic imine (C=N–C) groups is 1. The van der Waals surface area contributed by atoms with Gasteiger partial charge in [-0.2, -0.15) is 0 Å². The van der Waals surface area contributed by atoms with Crippen LogP contribution in [-0.2, 0) is 22.7 Å². The molecular weight excluding hydrogens is 452 g/mol. The van der Waals surface area contributed by atoms with Crippen molar-refractivity contribution in [1.82, 2.24) is 10.6 Å². The SMILES string of the molecule is NCc1ccc(CNC(=O)[C@@H](CCCN=C(N)N)NC(=O)C(c2ccccc2)c2ccccc2)cc1. The van der Waals surface area contributed by atoms with Gasteiger partial charge < -0.3 is 27.8 Å². The van der Waals surface area contributed by atoms with Crippen molar-refractivity contribution in [2.45, 2.75) is 37.9 Å². The second-order valence-corrected chi connectivity index (χ2v) is 8.50. The van der Waals surface area contributed by atoms with Crippen LogP contribution in [0.25, 0.3) is 0 Å². The van der Waals surface area contributed by atoms with E-state index in [0.717, 1.165) is 22.3 Å². The summed E-state index contributed by atoms with van der Waals surface area (Å²) in [5.41, 5.74) is 20.2. The van der Waals surface area contributed by atoms with E-state index in [4.69, 9.17) is 17.2 Å². The smallest absolute Gasteiger partial charge is 0.242 e. The minimum atomic E-state index is -0.745. The molecule has 0 heterocycles. The molecule has 0 fully saturated rings. The van der Waals surface area contributed by atoms with Gasteiger partial charge in [0.15, 0.2) is 5.96 Å². The number of nitrogens with two attached hydrogens (primary N) is 3. The molecule has 8 nitrogen and oxygen atoms in total. The maximum Gasteiger partial charge on any atom is 0.242 e. The summed E-state index contributed by atoms with van der Waals surface area (Å²) in [6.07, 6.45) is 0.916. The van der Waals surface area contributed by atoms with Crippen LogP contribution in [0.1, 0.15) is 41.0 Å². The van der Waals surface area contributed by atoms with Crippen molar-refractivity contribution in [2.24, 2.45) is 22.2 Å². The van der Waals surface area contributed by atoms with Crippen molar-refractivity contribution in [3.05, 3.63) is 107 Å². The summed E-state index contributed by atoms with van der Waals surface area (Å²) >= 11 is 0. The number of nitrogens with zero attached hydrogens (tertiary/aromatic N) is 1. The van der Waals surface area contributed by atoms with Gasteiger partial charge in [-0.1, -0.05) is 84.9 Å². The Labute approximate surface area is 212 Å². The molecule has 3 aromatic carbocycles. The van der Waals surface area contributed by atoms with E-state index < -0.39 is 12.0 Å². The van der Waals surface area contributed by atoms with Crippen LogP contribution < -0.4 is 27.8 Å². The molecule has 1 atom stereocenters. The molecule has 0 aliphatic rings. The monoisotopic (exact) mass is 486 g/mol. The quantitative estimate of drug-likeness (QED) is 0.151. The van der Waals surface area contributed by atoms with Gasteiger partial charge in [-0.25, -0.2) is 0 Å². The fourth-order valence-corrected chi connectivity index (χ4v) is 3.92. The Morgan fingerprint density at radius 2 is 1.33 bits per heavy atom. The number of rotatable bonds is 12. The van der Waals surface area contributed by atoms with Crippen LogP contribution in [0.2, 0.25) is 0 Å². The van der Waals surface area contributed by atoms with Crippen LogP contribution >= 0.6 is 0 Å². The molecule has 2 amide bonds. The molecule has 0 bridgehead atoms. The van der Waals surface area contributed by atoms with E-state index in [1.165, 1.54) is 0 Å². The minimum Gasteiger partial charge on any atom is -0.370 e. The van der Waals surface area contributed by atoms with Crippen LogP contribution in [0.15, 0.2) is 89.9 Å². The van der Waals surface area contributed by atoms with Crippen molar-refractivity contribution in [2.75, 3.05) is 6.54 Å². The van der Waals surface area contributed by atoms with Gasteiger partial charge in [0.1, 0.15) is 6.04 Å². The van der Waals surface area contributed by atoms with Gasteiger partial charge in [-0.05, 0) is 35.1 Å². The Hall–Kier alpha value is -4.17. The summed E-state index contributed by atoms with van der Waals surface area (Å²) in [5, 5.41) is 5.92. The molecule has 8 N–H and O–H groups in total. The highest BCUT2D eigenvalue weighted by Crippen LogP contribution is 2.25. The molecule has 0 radical (unpaired) electrons. The molecule has 0 saturated carbocycles. The Morgan fingerprint density at radius 3 is 1.86 bits per heavy atom. The maximum absolute atomic E-state index is 13.6. The second-order valence-electron chi connectivity index (χ2n) is 8.50. The van der Waals surface area contributed by atoms with Gasteiger partial charge in [0.2, 0.25) is 11.8 Å². The predicted molar refractivity (Wildman–Crippen MR) is 143 cm³/mol. The van der Waals surface area contributed by atoms with E-state index in [1.807, 2.05) is 84.9 Å². The summed E-state index contributed by atoms with van der Waals surface area (Å²) < 4.78 is 0. The molecule has 0 aliphatic carbocycles. The van der Waals surface area contributed by atoms with Crippen LogP contribution in [0.5, 0.6) is 0 Å². The first-order valence-electron chi connectivity index (χ1n) is 12.0. The molecule has 3 aromatic rings. The Bertz CT molecular complexity index is 1090. The summed E-state index contributed by atoms with van der Waals surface area (Å²) in [6.45, 7) is 1.16. The summed E-state index contributed by atoms with van der Waals surface area (Å²) in [6, 6.07) is 26.0. The van der Waals surface area contributed by atoms with Crippen LogP contribution in [0.4, 0.5) is 0 Å². The number of hydrogen-bond acceptors (Lipinski definition) is 4. The van der Waals surface area contributed by atoms with E-state index in [-0.39, 0.29) is 17.8 Å². The van der Waals surface area contributed by atoms with Gasteiger partial charge in [0, 0.05) is 19.6 Å². The Balaban J connectivity index is 1.76. The fraction of sp³-hybridized carbons (Fsp3) is 0.250. The van der Waals surface area contributed by atoms with Crippen molar-refractivity contribution >= 4 is 17.8 Å². The number of benzene rings is 3. The molecule has 8 heteroatoms. The minimum absolute atomic E-state index is 0.00539. The van der Waals surface area contributed by atoms with Crippen LogP contribution in [0, 0.1) is 0 Å². The lowest BCUT2D eigenvalue weighted by molar-refractivity contribution is -0.129. The maximum atomic E-state index is 13.6. The van der Waals surface area contributed by atoms with Gasteiger partial charge in [-0.15, -0.1) is 0 Å². The lowest BCUT2D eigenvalue weighted by Gasteiger charge is -2.23. The Morgan fingerprint density at radius 1 is 0.778 bits per heavy atom.